The predicted molar refractivity (Wildman–Crippen MR) is 65.4 cm³/mol. The minimum Gasteiger partial charge on any atom is -0.392 e. The molecule has 0 radical (unpaired) electrons. The molecular formula is C11H22N2OS. The third kappa shape index (κ3) is 3.34. The molecule has 2 rings (SSSR count). The summed E-state index contributed by atoms with van der Waals surface area (Å²) in [4.78, 5) is 2.56. The Labute approximate surface area is 96.6 Å². The zero-order valence-corrected chi connectivity index (χ0v) is 10.3. The largest absolute Gasteiger partial charge is 0.392 e. The monoisotopic (exact) mass is 230 g/mol. The van der Waals surface area contributed by atoms with Crippen LogP contribution in [0.25, 0.3) is 0 Å². The summed E-state index contributed by atoms with van der Waals surface area (Å²) >= 11 is 2.11. The van der Waals surface area contributed by atoms with Crippen molar-refractivity contribution in [1.82, 2.24) is 10.2 Å². The highest BCUT2D eigenvalue weighted by Crippen LogP contribution is 2.21. The summed E-state index contributed by atoms with van der Waals surface area (Å²) in [5.41, 5.74) is 0. The average Bonchev–Trinajstić information content (AvgIpc) is 2.64. The second kappa shape index (κ2) is 5.53. The van der Waals surface area contributed by atoms with Gasteiger partial charge in [-0.2, -0.15) is 11.8 Å². The Kier molecular flexibility index (Phi) is 4.31. The van der Waals surface area contributed by atoms with E-state index in [4.69, 9.17) is 0 Å². The lowest BCUT2D eigenvalue weighted by Crippen LogP contribution is -2.44. The summed E-state index contributed by atoms with van der Waals surface area (Å²) in [5.74, 6) is 1.27. The van der Waals surface area contributed by atoms with E-state index in [1.165, 1.54) is 25.3 Å². The minimum atomic E-state index is -0.115. The van der Waals surface area contributed by atoms with Gasteiger partial charge in [-0.3, -0.25) is 4.90 Å². The average molecular weight is 230 g/mol. The number of hydrogen-bond acceptors (Lipinski definition) is 4. The third-order valence-electron chi connectivity index (χ3n) is 3.36. The van der Waals surface area contributed by atoms with Gasteiger partial charge in [-0.15, -0.1) is 0 Å². The SMILES string of the molecule is CCC1CN(CC2CC(O)CN2)CCS1. The molecule has 0 saturated carbocycles. The molecule has 3 nitrogen and oxygen atoms in total. The van der Waals surface area contributed by atoms with Crippen molar-refractivity contribution in [3.63, 3.8) is 0 Å². The number of β-amino-alcohol motifs (C(OH)–C–C–N with tert-alkyl or cyclic N) is 1. The molecule has 3 atom stereocenters. The molecule has 88 valence electrons. The number of thioether (sulfide) groups is 1. The fourth-order valence-electron chi connectivity index (χ4n) is 2.44. The van der Waals surface area contributed by atoms with E-state index in [1.807, 2.05) is 0 Å². The molecule has 2 heterocycles. The summed E-state index contributed by atoms with van der Waals surface area (Å²) in [6.45, 7) is 6.63. The molecule has 0 aliphatic carbocycles. The normalized spacial score (nSPS) is 38.4. The highest BCUT2D eigenvalue weighted by molar-refractivity contribution is 8.00. The molecule has 0 spiro atoms. The standard InChI is InChI=1S/C11H22N2OS/c1-2-11-8-13(3-4-15-11)7-9-5-10(14)6-12-9/h9-12,14H,2-8H2,1H3. The van der Waals surface area contributed by atoms with Gasteiger partial charge in [0, 0.05) is 43.2 Å². The summed E-state index contributed by atoms with van der Waals surface area (Å²) in [7, 11) is 0. The van der Waals surface area contributed by atoms with Gasteiger partial charge in [0.2, 0.25) is 0 Å². The van der Waals surface area contributed by atoms with E-state index in [0.29, 0.717) is 6.04 Å². The Morgan fingerprint density at radius 3 is 3.07 bits per heavy atom. The molecule has 0 amide bonds. The summed E-state index contributed by atoms with van der Waals surface area (Å²) in [6.07, 6.45) is 2.10. The molecule has 2 aliphatic rings. The Morgan fingerprint density at radius 2 is 2.40 bits per heavy atom. The van der Waals surface area contributed by atoms with Crippen LogP contribution in [0.1, 0.15) is 19.8 Å². The lowest BCUT2D eigenvalue weighted by Gasteiger charge is -2.33. The van der Waals surface area contributed by atoms with E-state index in [0.717, 1.165) is 24.8 Å². The van der Waals surface area contributed by atoms with E-state index < -0.39 is 0 Å². The lowest BCUT2D eigenvalue weighted by atomic mass is 10.2. The molecule has 2 saturated heterocycles. The van der Waals surface area contributed by atoms with Crippen molar-refractivity contribution in [3.05, 3.63) is 0 Å². The minimum absolute atomic E-state index is 0.115. The molecule has 2 fully saturated rings. The highest BCUT2D eigenvalue weighted by atomic mass is 32.2. The molecule has 0 aromatic rings. The van der Waals surface area contributed by atoms with Gasteiger partial charge in [-0.1, -0.05) is 6.92 Å². The first-order valence-electron chi connectivity index (χ1n) is 6.03. The number of aliphatic hydroxyl groups excluding tert-OH is 1. The molecular weight excluding hydrogens is 208 g/mol. The van der Waals surface area contributed by atoms with E-state index >= 15 is 0 Å². The maximum atomic E-state index is 9.44. The van der Waals surface area contributed by atoms with Crippen LogP contribution in [0.5, 0.6) is 0 Å². The Morgan fingerprint density at radius 1 is 1.53 bits per heavy atom. The van der Waals surface area contributed by atoms with Crippen LogP contribution in [0.4, 0.5) is 0 Å². The Hall–Kier alpha value is 0.230. The van der Waals surface area contributed by atoms with Gasteiger partial charge in [0.15, 0.2) is 0 Å². The van der Waals surface area contributed by atoms with Crippen LogP contribution in [-0.4, -0.2) is 59.3 Å². The van der Waals surface area contributed by atoms with E-state index in [1.54, 1.807) is 0 Å². The zero-order chi connectivity index (χ0) is 10.7. The van der Waals surface area contributed by atoms with E-state index in [9.17, 15) is 5.11 Å². The van der Waals surface area contributed by atoms with Crippen molar-refractivity contribution in [1.29, 1.82) is 0 Å². The van der Waals surface area contributed by atoms with Crippen molar-refractivity contribution in [2.45, 2.75) is 37.2 Å². The van der Waals surface area contributed by atoms with E-state index in [2.05, 4.69) is 28.9 Å². The first-order valence-corrected chi connectivity index (χ1v) is 7.08. The van der Waals surface area contributed by atoms with Gasteiger partial charge in [0.1, 0.15) is 0 Å². The first kappa shape index (κ1) is 11.7. The zero-order valence-electron chi connectivity index (χ0n) is 9.48. The van der Waals surface area contributed by atoms with Crippen molar-refractivity contribution in [2.24, 2.45) is 0 Å². The second-order valence-electron chi connectivity index (χ2n) is 4.66. The summed E-state index contributed by atoms with van der Waals surface area (Å²) in [6, 6.07) is 0.514. The number of aliphatic hydroxyl groups is 1. The molecule has 0 bridgehead atoms. The van der Waals surface area contributed by atoms with Gasteiger partial charge < -0.3 is 10.4 Å². The van der Waals surface area contributed by atoms with E-state index in [-0.39, 0.29) is 6.10 Å². The molecule has 3 unspecified atom stereocenters. The third-order valence-corrected chi connectivity index (χ3v) is 4.73. The van der Waals surface area contributed by atoms with Crippen LogP contribution in [0.15, 0.2) is 0 Å². The molecule has 0 aromatic carbocycles. The van der Waals surface area contributed by atoms with Crippen molar-refractivity contribution < 1.29 is 5.11 Å². The maximum absolute atomic E-state index is 9.44. The molecule has 4 heteroatoms. The molecule has 2 N–H and O–H groups in total. The van der Waals surface area contributed by atoms with Gasteiger partial charge >= 0.3 is 0 Å². The van der Waals surface area contributed by atoms with Crippen molar-refractivity contribution in [3.8, 4) is 0 Å². The van der Waals surface area contributed by atoms with Crippen LogP contribution in [0.2, 0.25) is 0 Å². The molecule has 2 aliphatic heterocycles. The topological polar surface area (TPSA) is 35.5 Å². The number of hydrogen-bond donors (Lipinski definition) is 2. The highest BCUT2D eigenvalue weighted by Gasteiger charge is 2.26. The predicted octanol–water partition coefficient (Wildman–Crippen LogP) is 0.537. The number of nitrogens with zero attached hydrogens (tertiary/aromatic N) is 1. The molecule has 0 aromatic heterocycles. The Bertz CT molecular complexity index is 203. The summed E-state index contributed by atoms with van der Waals surface area (Å²) in [5, 5.41) is 13.7. The van der Waals surface area contributed by atoms with Crippen molar-refractivity contribution >= 4 is 11.8 Å². The number of rotatable bonds is 3. The van der Waals surface area contributed by atoms with Crippen LogP contribution in [0, 0.1) is 0 Å². The fraction of sp³-hybridized carbons (Fsp3) is 1.00. The van der Waals surface area contributed by atoms with Gasteiger partial charge in [-0.05, 0) is 12.8 Å². The van der Waals surface area contributed by atoms with Gasteiger partial charge in [0.25, 0.3) is 0 Å². The smallest absolute Gasteiger partial charge is 0.0680 e. The number of nitrogens with one attached hydrogen (secondary N) is 1. The van der Waals surface area contributed by atoms with Gasteiger partial charge in [0.05, 0.1) is 6.10 Å². The van der Waals surface area contributed by atoms with Crippen LogP contribution in [0.3, 0.4) is 0 Å². The van der Waals surface area contributed by atoms with Crippen LogP contribution in [-0.2, 0) is 0 Å². The first-order chi connectivity index (χ1) is 7.28. The fourth-order valence-corrected chi connectivity index (χ4v) is 3.69. The van der Waals surface area contributed by atoms with Gasteiger partial charge in [-0.25, -0.2) is 0 Å². The lowest BCUT2D eigenvalue weighted by molar-refractivity contribution is 0.187. The van der Waals surface area contributed by atoms with Crippen LogP contribution >= 0.6 is 11.8 Å². The second-order valence-corrected chi connectivity index (χ2v) is 6.06. The maximum Gasteiger partial charge on any atom is 0.0680 e. The van der Waals surface area contributed by atoms with Crippen LogP contribution < -0.4 is 5.32 Å². The van der Waals surface area contributed by atoms with Crippen molar-refractivity contribution in [2.75, 3.05) is 31.9 Å². The Balaban J connectivity index is 1.74. The quantitative estimate of drug-likeness (QED) is 0.742. The summed E-state index contributed by atoms with van der Waals surface area (Å²) < 4.78 is 0. The molecule has 15 heavy (non-hydrogen) atoms.